The van der Waals surface area contributed by atoms with Crippen LogP contribution in [0.15, 0.2) is 59.5 Å². The van der Waals surface area contributed by atoms with Crippen LogP contribution in [-0.2, 0) is 9.59 Å². The molecule has 1 saturated carbocycles. The third kappa shape index (κ3) is 3.95. The third-order valence-electron chi connectivity index (χ3n) is 5.94. The highest BCUT2D eigenvalue weighted by Crippen LogP contribution is 2.32. The molecule has 30 heavy (non-hydrogen) atoms. The lowest BCUT2D eigenvalue weighted by atomic mass is 10.0. The smallest absolute Gasteiger partial charge is 0.243 e. The van der Waals surface area contributed by atoms with Crippen LogP contribution in [0.2, 0.25) is 0 Å². The molecule has 6 nitrogen and oxygen atoms in total. The van der Waals surface area contributed by atoms with Crippen molar-refractivity contribution in [3.63, 3.8) is 0 Å². The van der Waals surface area contributed by atoms with Crippen molar-refractivity contribution in [1.82, 2.24) is 9.80 Å². The van der Waals surface area contributed by atoms with Gasteiger partial charge in [-0.2, -0.15) is 0 Å². The summed E-state index contributed by atoms with van der Waals surface area (Å²) in [4.78, 5) is 34.2. The summed E-state index contributed by atoms with van der Waals surface area (Å²) in [5.41, 5.74) is 3.87. The van der Waals surface area contributed by atoms with Gasteiger partial charge in [0.25, 0.3) is 0 Å². The van der Waals surface area contributed by atoms with Gasteiger partial charge in [0.05, 0.1) is 6.54 Å². The monoisotopic (exact) mass is 402 g/mol. The van der Waals surface area contributed by atoms with Crippen molar-refractivity contribution in [2.75, 3.05) is 25.0 Å². The lowest BCUT2D eigenvalue weighted by molar-refractivity contribution is -0.135. The molecule has 1 aromatic carbocycles. The summed E-state index contributed by atoms with van der Waals surface area (Å²) in [6, 6.07) is 7.85. The Bertz CT molecular complexity index is 1000. The van der Waals surface area contributed by atoms with E-state index >= 15 is 0 Å². The number of nitrogens with one attached hydrogen (secondary N) is 1. The number of fused-ring (bicyclic) bond motifs is 3. The Morgan fingerprint density at radius 2 is 2.07 bits per heavy atom. The summed E-state index contributed by atoms with van der Waals surface area (Å²) in [6.07, 6.45) is 13.0. The lowest BCUT2D eigenvalue weighted by Crippen LogP contribution is -2.39. The normalized spacial score (nSPS) is 21.6. The SMILES string of the molecule is O=C1CN(C(=O)C2CC2)CCCCC2=NC3=C(C=CCN3C=C2)c2cccc(c2)N1. The van der Waals surface area contributed by atoms with E-state index < -0.39 is 0 Å². The molecule has 5 rings (SSSR count). The fourth-order valence-corrected chi connectivity index (χ4v) is 4.17. The topological polar surface area (TPSA) is 65.0 Å². The Labute approximate surface area is 176 Å². The molecular formula is C24H26N4O2. The van der Waals surface area contributed by atoms with E-state index in [4.69, 9.17) is 4.99 Å². The summed E-state index contributed by atoms with van der Waals surface area (Å²) in [5, 5.41) is 2.98. The van der Waals surface area contributed by atoms with Crippen LogP contribution in [0.1, 0.15) is 37.7 Å². The maximum Gasteiger partial charge on any atom is 0.243 e. The molecule has 1 fully saturated rings. The predicted octanol–water partition coefficient (Wildman–Crippen LogP) is 3.56. The zero-order valence-electron chi connectivity index (χ0n) is 17.0. The summed E-state index contributed by atoms with van der Waals surface area (Å²) in [6.45, 7) is 1.53. The van der Waals surface area contributed by atoms with Crippen molar-refractivity contribution in [3.05, 3.63) is 60.1 Å². The quantitative estimate of drug-likeness (QED) is 0.781. The number of rotatable bonds is 1. The molecule has 154 valence electrons. The van der Waals surface area contributed by atoms with Crippen molar-refractivity contribution in [2.45, 2.75) is 32.1 Å². The van der Waals surface area contributed by atoms with Crippen LogP contribution in [0.5, 0.6) is 0 Å². The Morgan fingerprint density at radius 1 is 1.17 bits per heavy atom. The fraction of sp³-hybridized carbons (Fsp3) is 0.375. The van der Waals surface area contributed by atoms with Gasteiger partial charge in [-0.3, -0.25) is 9.59 Å². The maximum atomic E-state index is 12.7. The number of anilines is 1. The molecule has 3 heterocycles. The van der Waals surface area contributed by atoms with Gasteiger partial charge in [0.2, 0.25) is 11.8 Å². The Balaban J connectivity index is 1.48. The average Bonchev–Trinajstić information content (AvgIpc) is 3.60. The molecule has 0 saturated heterocycles. The highest BCUT2D eigenvalue weighted by Gasteiger charge is 2.34. The maximum absolute atomic E-state index is 12.7. The van der Waals surface area contributed by atoms with Crippen molar-refractivity contribution >= 4 is 28.8 Å². The number of carbonyl (C=O) groups excluding carboxylic acids is 2. The summed E-state index contributed by atoms with van der Waals surface area (Å²) < 4.78 is 0. The van der Waals surface area contributed by atoms with E-state index in [-0.39, 0.29) is 24.3 Å². The first kappa shape index (κ1) is 18.9. The average molecular weight is 402 g/mol. The molecule has 0 aromatic heterocycles. The van der Waals surface area contributed by atoms with Crippen molar-refractivity contribution in [2.24, 2.45) is 10.9 Å². The van der Waals surface area contributed by atoms with Gasteiger partial charge in [0.15, 0.2) is 0 Å². The molecule has 0 atom stereocenters. The van der Waals surface area contributed by atoms with Crippen LogP contribution in [-0.4, -0.2) is 47.0 Å². The van der Waals surface area contributed by atoms with E-state index in [1.165, 1.54) is 0 Å². The van der Waals surface area contributed by atoms with Gasteiger partial charge in [-0.1, -0.05) is 24.3 Å². The highest BCUT2D eigenvalue weighted by molar-refractivity contribution is 5.98. The van der Waals surface area contributed by atoms with Crippen LogP contribution < -0.4 is 5.32 Å². The minimum Gasteiger partial charge on any atom is -0.333 e. The Kier molecular flexibility index (Phi) is 4.99. The zero-order valence-corrected chi connectivity index (χ0v) is 17.0. The second-order valence-corrected chi connectivity index (χ2v) is 8.33. The molecule has 0 radical (unpaired) electrons. The van der Waals surface area contributed by atoms with Crippen LogP contribution in [0.3, 0.4) is 0 Å². The molecule has 1 aromatic rings. The molecule has 2 amide bonds. The van der Waals surface area contributed by atoms with Crippen molar-refractivity contribution < 1.29 is 9.59 Å². The fourth-order valence-electron chi connectivity index (χ4n) is 4.17. The minimum atomic E-state index is -0.144. The first-order valence-corrected chi connectivity index (χ1v) is 10.8. The molecular weight excluding hydrogens is 376 g/mol. The molecule has 0 spiro atoms. The first-order valence-electron chi connectivity index (χ1n) is 10.8. The third-order valence-corrected chi connectivity index (χ3v) is 5.94. The highest BCUT2D eigenvalue weighted by atomic mass is 16.2. The van der Waals surface area contributed by atoms with E-state index in [2.05, 4.69) is 34.6 Å². The molecule has 4 aliphatic rings. The first-order chi connectivity index (χ1) is 14.7. The van der Waals surface area contributed by atoms with Gasteiger partial charge in [0.1, 0.15) is 5.82 Å². The number of benzene rings is 1. The molecule has 3 aliphatic heterocycles. The number of allylic oxidation sites excluding steroid dienone is 3. The second kappa shape index (κ2) is 7.94. The molecule has 4 bridgehead atoms. The van der Waals surface area contributed by atoms with Gasteiger partial charge < -0.3 is 15.1 Å². The molecule has 1 N–H and O–H groups in total. The zero-order chi connectivity index (χ0) is 20.5. The van der Waals surface area contributed by atoms with Crippen LogP contribution in [0.4, 0.5) is 5.69 Å². The number of aliphatic imine (C=N–C) groups is 1. The lowest BCUT2D eigenvalue weighted by Gasteiger charge is -2.28. The number of carbonyl (C=O) groups is 2. The van der Waals surface area contributed by atoms with Gasteiger partial charge in [-0.25, -0.2) is 4.99 Å². The van der Waals surface area contributed by atoms with E-state index in [1.807, 2.05) is 24.3 Å². The van der Waals surface area contributed by atoms with E-state index in [9.17, 15) is 9.59 Å². The summed E-state index contributed by atoms with van der Waals surface area (Å²) in [5.74, 6) is 1.05. The minimum absolute atomic E-state index is 0.113. The van der Waals surface area contributed by atoms with Crippen LogP contribution in [0, 0.1) is 5.92 Å². The van der Waals surface area contributed by atoms with Gasteiger partial charge in [0, 0.05) is 42.2 Å². The second-order valence-electron chi connectivity index (χ2n) is 8.33. The number of hydrogen-bond donors (Lipinski definition) is 1. The molecule has 1 aliphatic carbocycles. The van der Waals surface area contributed by atoms with E-state index in [0.29, 0.717) is 6.54 Å². The number of nitrogens with zero attached hydrogens (tertiary/aromatic N) is 3. The van der Waals surface area contributed by atoms with Gasteiger partial charge in [-0.15, -0.1) is 0 Å². The van der Waals surface area contributed by atoms with Crippen molar-refractivity contribution in [3.8, 4) is 0 Å². The van der Waals surface area contributed by atoms with Gasteiger partial charge in [-0.05, 0) is 55.9 Å². The Hall–Kier alpha value is -3.15. The summed E-state index contributed by atoms with van der Waals surface area (Å²) in [7, 11) is 0. The summed E-state index contributed by atoms with van der Waals surface area (Å²) >= 11 is 0. The molecule has 0 unspecified atom stereocenters. The van der Waals surface area contributed by atoms with Crippen LogP contribution >= 0.6 is 0 Å². The van der Waals surface area contributed by atoms with Gasteiger partial charge >= 0.3 is 0 Å². The number of amides is 2. The predicted molar refractivity (Wildman–Crippen MR) is 118 cm³/mol. The largest absolute Gasteiger partial charge is 0.333 e. The number of hydrogen-bond acceptors (Lipinski definition) is 4. The standard InChI is InChI=1S/C24H26N4O2/c29-22-16-28(24(30)17-9-10-17)12-2-1-6-19-11-14-27-13-4-8-21(23(27)26-19)18-5-3-7-20(15-18)25-22/h3-5,7-8,11,14-15,17H,1-2,6,9-10,12-13,16H2,(H,25,29). The molecule has 6 heteroatoms. The van der Waals surface area contributed by atoms with E-state index in [0.717, 1.165) is 67.0 Å². The van der Waals surface area contributed by atoms with E-state index in [1.54, 1.807) is 4.90 Å². The van der Waals surface area contributed by atoms with Crippen molar-refractivity contribution in [1.29, 1.82) is 0 Å². The van der Waals surface area contributed by atoms with Crippen LogP contribution in [0.25, 0.3) is 5.57 Å². The Morgan fingerprint density at radius 3 is 2.93 bits per heavy atom.